The van der Waals surface area contributed by atoms with Gasteiger partial charge in [0.2, 0.25) is 0 Å². The normalized spacial score (nSPS) is 34.8. The summed E-state index contributed by atoms with van der Waals surface area (Å²) in [5, 5.41) is 3.05. The Bertz CT molecular complexity index is 111. The van der Waals surface area contributed by atoms with Crippen LogP contribution in [0.25, 0.3) is 0 Å². The smallest absolute Gasteiger partial charge is 0.134 e. The second-order valence-electron chi connectivity index (χ2n) is 2.35. The monoisotopic (exact) mass is 113 g/mol. The number of rotatable bonds is 2. The highest BCUT2D eigenvalue weighted by molar-refractivity contribution is 5.81. The summed E-state index contributed by atoms with van der Waals surface area (Å²) in [4.78, 5) is 10.5. The molecule has 1 N–H and O–H groups in total. The van der Waals surface area contributed by atoms with E-state index in [-0.39, 0.29) is 0 Å². The molecule has 1 rings (SSSR count). The van der Waals surface area contributed by atoms with Gasteiger partial charge >= 0.3 is 0 Å². The van der Waals surface area contributed by atoms with Crippen LogP contribution in [0, 0.1) is 5.92 Å². The molecule has 0 aromatic carbocycles. The zero-order valence-corrected chi connectivity index (χ0v) is 5.27. The van der Waals surface area contributed by atoms with Crippen LogP contribution in [0.1, 0.15) is 13.3 Å². The summed E-state index contributed by atoms with van der Waals surface area (Å²) >= 11 is 0. The molecular weight excluding hydrogens is 102 g/mol. The third-order valence-corrected chi connectivity index (χ3v) is 1.68. The Hall–Kier alpha value is -0.370. The van der Waals surface area contributed by atoms with E-state index < -0.39 is 0 Å². The van der Waals surface area contributed by atoms with E-state index in [0.29, 0.717) is 17.7 Å². The van der Waals surface area contributed by atoms with Crippen LogP contribution in [0.2, 0.25) is 0 Å². The molecule has 0 heterocycles. The zero-order valence-electron chi connectivity index (χ0n) is 5.27. The summed E-state index contributed by atoms with van der Waals surface area (Å²) in [5.41, 5.74) is 0. The summed E-state index contributed by atoms with van der Waals surface area (Å²) < 4.78 is 0. The second kappa shape index (κ2) is 1.86. The van der Waals surface area contributed by atoms with E-state index in [1.807, 2.05) is 7.05 Å². The van der Waals surface area contributed by atoms with E-state index in [4.69, 9.17) is 0 Å². The molecule has 1 fully saturated rings. The molecule has 0 aliphatic heterocycles. The molecule has 1 aliphatic rings. The molecule has 1 aliphatic carbocycles. The van der Waals surface area contributed by atoms with E-state index in [1.54, 1.807) is 6.92 Å². The summed E-state index contributed by atoms with van der Waals surface area (Å²) in [6.07, 6.45) is 1.05. The summed E-state index contributed by atoms with van der Waals surface area (Å²) in [7, 11) is 1.90. The van der Waals surface area contributed by atoms with Crippen molar-refractivity contribution < 1.29 is 4.79 Å². The average Bonchev–Trinajstić information content (AvgIpc) is 2.42. The highest BCUT2D eigenvalue weighted by Gasteiger charge is 2.39. The van der Waals surface area contributed by atoms with Gasteiger partial charge in [-0.1, -0.05) is 0 Å². The van der Waals surface area contributed by atoms with E-state index >= 15 is 0 Å². The minimum atomic E-state index is 0.323. The molecule has 2 nitrogen and oxygen atoms in total. The van der Waals surface area contributed by atoms with Gasteiger partial charge in [-0.05, 0) is 20.4 Å². The van der Waals surface area contributed by atoms with Gasteiger partial charge in [0, 0.05) is 12.0 Å². The Morgan fingerprint density at radius 2 is 2.38 bits per heavy atom. The molecule has 8 heavy (non-hydrogen) atoms. The maximum atomic E-state index is 10.5. The van der Waals surface area contributed by atoms with E-state index in [2.05, 4.69) is 5.32 Å². The van der Waals surface area contributed by atoms with E-state index in [1.165, 1.54) is 0 Å². The van der Waals surface area contributed by atoms with Crippen LogP contribution >= 0.6 is 0 Å². The molecule has 46 valence electrons. The molecule has 0 bridgehead atoms. The first-order valence-corrected chi connectivity index (χ1v) is 2.93. The molecule has 2 heteroatoms. The van der Waals surface area contributed by atoms with Gasteiger partial charge in [0.1, 0.15) is 5.78 Å². The third kappa shape index (κ3) is 0.892. The Kier molecular flexibility index (Phi) is 1.34. The maximum absolute atomic E-state index is 10.5. The van der Waals surface area contributed by atoms with Crippen LogP contribution < -0.4 is 5.32 Å². The summed E-state index contributed by atoms with van der Waals surface area (Å²) in [5.74, 6) is 0.657. The van der Waals surface area contributed by atoms with E-state index in [9.17, 15) is 4.79 Å². The van der Waals surface area contributed by atoms with Gasteiger partial charge in [-0.3, -0.25) is 4.79 Å². The number of carbonyl (C=O) groups is 1. The molecule has 0 saturated heterocycles. The minimum Gasteiger partial charge on any atom is -0.316 e. The Morgan fingerprint density at radius 1 is 1.75 bits per heavy atom. The largest absolute Gasteiger partial charge is 0.316 e. The number of ketones is 1. The van der Waals surface area contributed by atoms with Gasteiger partial charge in [-0.15, -0.1) is 0 Å². The Labute approximate surface area is 49.3 Å². The van der Waals surface area contributed by atoms with Crippen molar-refractivity contribution in [2.45, 2.75) is 19.4 Å². The fourth-order valence-corrected chi connectivity index (χ4v) is 0.963. The van der Waals surface area contributed by atoms with Gasteiger partial charge in [-0.25, -0.2) is 0 Å². The van der Waals surface area contributed by atoms with Crippen molar-refractivity contribution in [1.82, 2.24) is 5.32 Å². The lowest BCUT2D eigenvalue weighted by Gasteiger charge is -1.89. The van der Waals surface area contributed by atoms with Crippen molar-refractivity contribution in [2.24, 2.45) is 5.92 Å². The fraction of sp³-hybridized carbons (Fsp3) is 0.833. The number of carbonyl (C=O) groups excluding carboxylic acids is 1. The van der Waals surface area contributed by atoms with Gasteiger partial charge < -0.3 is 5.32 Å². The van der Waals surface area contributed by atoms with Crippen LogP contribution in [0.15, 0.2) is 0 Å². The Balaban J connectivity index is 2.26. The van der Waals surface area contributed by atoms with Crippen LogP contribution in [0.5, 0.6) is 0 Å². The number of nitrogens with one attached hydrogen (secondary N) is 1. The lowest BCUT2D eigenvalue weighted by Crippen LogP contribution is -2.13. The number of hydrogen-bond acceptors (Lipinski definition) is 2. The predicted octanol–water partition coefficient (Wildman–Crippen LogP) is 0.183. The number of Topliss-reactive ketones (excluding diaryl/α,β-unsaturated/α-hetero) is 1. The first-order valence-electron chi connectivity index (χ1n) is 2.93. The maximum Gasteiger partial charge on any atom is 0.134 e. The first kappa shape index (κ1) is 5.76. The van der Waals surface area contributed by atoms with Crippen molar-refractivity contribution in [3.63, 3.8) is 0 Å². The van der Waals surface area contributed by atoms with Crippen LogP contribution in [0.4, 0.5) is 0 Å². The molecule has 1 unspecified atom stereocenters. The molecular formula is C6H11NO. The van der Waals surface area contributed by atoms with Crippen molar-refractivity contribution >= 4 is 5.78 Å². The van der Waals surface area contributed by atoms with Crippen molar-refractivity contribution in [1.29, 1.82) is 0 Å². The highest BCUT2D eigenvalue weighted by atomic mass is 16.1. The molecule has 0 aromatic heterocycles. The number of hydrogen-bond donors (Lipinski definition) is 1. The van der Waals surface area contributed by atoms with Crippen LogP contribution in [0.3, 0.4) is 0 Å². The fourth-order valence-electron chi connectivity index (χ4n) is 0.963. The molecule has 0 amide bonds. The van der Waals surface area contributed by atoms with Gasteiger partial charge in [-0.2, -0.15) is 0 Å². The third-order valence-electron chi connectivity index (χ3n) is 1.68. The van der Waals surface area contributed by atoms with Crippen LogP contribution in [-0.4, -0.2) is 18.9 Å². The minimum absolute atomic E-state index is 0.323. The lowest BCUT2D eigenvalue weighted by atomic mass is 10.3. The molecule has 0 spiro atoms. The van der Waals surface area contributed by atoms with Crippen molar-refractivity contribution in [3.8, 4) is 0 Å². The van der Waals surface area contributed by atoms with Gasteiger partial charge in [0.15, 0.2) is 0 Å². The zero-order chi connectivity index (χ0) is 6.15. The topological polar surface area (TPSA) is 29.1 Å². The summed E-state index contributed by atoms with van der Waals surface area (Å²) in [6.45, 7) is 1.65. The van der Waals surface area contributed by atoms with E-state index in [0.717, 1.165) is 6.42 Å². The lowest BCUT2D eigenvalue weighted by molar-refractivity contribution is -0.118. The average molecular weight is 113 g/mol. The first-order chi connectivity index (χ1) is 3.75. The standard InChI is InChI=1S/C6H11NO/c1-4(8)5-3-6(5)7-2/h5-7H,3H2,1-2H3/t5-,6?/m1/s1. The quantitative estimate of drug-likeness (QED) is 0.553. The highest BCUT2D eigenvalue weighted by Crippen LogP contribution is 2.30. The summed E-state index contributed by atoms with van der Waals surface area (Å²) in [6, 6.07) is 0.493. The molecule has 0 radical (unpaired) electrons. The van der Waals surface area contributed by atoms with Crippen LogP contribution in [-0.2, 0) is 4.79 Å². The van der Waals surface area contributed by atoms with Crippen molar-refractivity contribution in [3.05, 3.63) is 0 Å². The van der Waals surface area contributed by atoms with Crippen molar-refractivity contribution in [2.75, 3.05) is 7.05 Å². The van der Waals surface area contributed by atoms with Gasteiger partial charge in [0.25, 0.3) is 0 Å². The van der Waals surface area contributed by atoms with Gasteiger partial charge in [0.05, 0.1) is 0 Å². The molecule has 1 saturated carbocycles. The second-order valence-corrected chi connectivity index (χ2v) is 2.35. The molecule has 0 aromatic rings. The SMILES string of the molecule is CNC1C[C@@H]1C(C)=O. The molecule has 2 atom stereocenters. The Morgan fingerprint density at radius 3 is 2.50 bits per heavy atom. The predicted molar refractivity (Wildman–Crippen MR) is 31.6 cm³/mol.